The van der Waals surface area contributed by atoms with Crippen LogP contribution in [0.25, 0.3) is 0 Å². The van der Waals surface area contributed by atoms with Gasteiger partial charge in [-0.15, -0.1) is 0 Å². The Hall–Kier alpha value is -0.920. The first-order valence-corrected chi connectivity index (χ1v) is 7.36. The first-order valence-electron chi connectivity index (χ1n) is 5.55. The highest BCUT2D eigenvalue weighted by molar-refractivity contribution is 7.85. The minimum absolute atomic E-state index is 0.0292. The second-order valence-corrected chi connectivity index (χ2v) is 5.72. The first kappa shape index (κ1) is 12.5. The molecule has 0 aromatic carbocycles. The van der Waals surface area contributed by atoms with Gasteiger partial charge in [0.15, 0.2) is 0 Å². The summed E-state index contributed by atoms with van der Waals surface area (Å²) < 4.78 is 33.6. The Morgan fingerprint density at radius 3 is 3.06 bits per heavy atom. The summed E-state index contributed by atoms with van der Waals surface area (Å²) in [6.07, 6.45) is 5.93. The molecule has 1 aliphatic rings. The summed E-state index contributed by atoms with van der Waals surface area (Å²) in [4.78, 5) is 0. The molecular formula is C10H16N2O4S. The summed E-state index contributed by atoms with van der Waals surface area (Å²) in [5.41, 5.74) is 0.588. The van der Waals surface area contributed by atoms with Gasteiger partial charge in [-0.2, -0.15) is 13.5 Å². The van der Waals surface area contributed by atoms with Gasteiger partial charge in [0, 0.05) is 12.8 Å². The van der Waals surface area contributed by atoms with Crippen LogP contribution in [-0.2, 0) is 25.6 Å². The van der Waals surface area contributed by atoms with Gasteiger partial charge in [-0.25, -0.2) is 4.68 Å². The topological polar surface area (TPSA) is 70.4 Å². The molecule has 1 fully saturated rings. The van der Waals surface area contributed by atoms with Crippen LogP contribution in [0.1, 0.15) is 31.2 Å². The number of hydrogen-bond acceptors (Lipinski definition) is 5. The number of ether oxygens (including phenoxy) is 1. The maximum Gasteiger partial charge on any atom is 0.264 e. The summed E-state index contributed by atoms with van der Waals surface area (Å²) in [5, 5.41) is 4.24. The molecule has 96 valence electrons. The number of hydrogen-bond donors (Lipinski definition) is 0. The van der Waals surface area contributed by atoms with Gasteiger partial charge in [-0.3, -0.25) is 4.18 Å². The summed E-state index contributed by atoms with van der Waals surface area (Å²) in [6.45, 7) is 0.720. The van der Waals surface area contributed by atoms with E-state index in [4.69, 9.17) is 4.74 Å². The zero-order chi connectivity index (χ0) is 12.3. The number of rotatable bonds is 4. The molecule has 1 atom stereocenters. The van der Waals surface area contributed by atoms with E-state index in [1.165, 1.54) is 0 Å². The monoisotopic (exact) mass is 260 g/mol. The van der Waals surface area contributed by atoms with Crippen LogP contribution in [0.5, 0.6) is 0 Å². The van der Waals surface area contributed by atoms with Crippen LogP contribution in [0, 0.1) is 0 Å². The molecule has 1 aliphatic heterocycles. The molecule has 1 saturated heterocycles. The molecule has 7 heteroatoms. The van der Waals surface area contributed by atoms with Crippen LogP contribution in [-0.4, -0.2) is 31.1 Å². The smallest absolute Gasteiger partial charge is 0.264 e. The molecule has 6 nitrogen and oxygen atoms in total. The maximum atomic E-state index is 10.8. The predicted molar refractivity (Wildman–Crippen MR) is 60.7 cm³/mol. The standard InChI is InChI=1S/C10H16N2O4S/c1-17(13,14)16-8-9-5-6-12(11-9)10-4-2-3-7-15-10/h5-6,10H,2-4,7-8H2,1H3. The van der Waals surface area contributed by atoms with E-state index in [0.29, 0.717) is 5.69 Å². The van der Waals surface area contributed by atoms with Crippen molar-refractivity contribution in [2.24, 2.45) is 0 Å². The van der Waals surface area contributed by atoms with Gasteiger partial charge in [0.1, 0.15) is 12.8 Å². The van der Waals surface area contributed by atoms with Crippen LogP contribution >= 0.6 is 0 Å². The minimum atomic E-state index is -3.42. The lowest BCUT2D eigenvalue weighted by Gasteiger charge is -2.22. The molecule has 17 heavy (non-hydrogen) atoms. The van der Waals surface area contributed by atoms with Gasteiger partial charge in [-0.1, -0.05) is 0 Å². The Morgan fingerprint density at radius 2 is 2.41 bits per heavy atom. The lowest BCUT2D eigenvalue weighted by Crippen LogP contribution is -2.18. The Balaban J connectivity index is 1.95. The van der Waals surface area contributed by atoms with Crippen molar-refractivity contribution in [3.63, 3.8) is 0 Å². The van der Waals surface area contributed by atoms with Crippen molar-refractivity contribution in [2.75, 3.05) is 12.9 Å². The molecule has 0 amide bonds. The molecule has 0 spiro atoms. The van der Waals surface area contributed by atoms with E-state index in [9.17, 15) is 8.42 Å². The molecule has 2 rings (SSSR count). The van der Waals surface area contributed by atoms with E-state index in [-0.39, 0.29) is 12.8 Å². The summed E-state index contributed by atoms with van der Waals surface area (Å²) in [7, 11) is -3.42. The lowest BCUT2D eigenvalue weighted by molar-refractivity contribution is -0.0398. The van der Waals surface area contributed by atoms with Crippen molar-refractivity contribution in [1.29, 1.82) is 0 Å². The van der Waals surface area contributed by atoms with Crippen LogP contribution < -0.4 is 0 Å². The Bertz CT molecular complexity index is 462. The van der Waals surface area contributed by atoms with Gasteiger partial charge in [0.2, 0.25) is 0 Å². The fourth-order valence-corrected chi connectivity index (χ4v) is 2.05. The summed E-state index contributed by atoms with van der Waals surface area (Å²) >= 11 is 0. The van der Waals surface area contributed by atoms with E-state index < -0.39 is 10.1 Å². The van der Waals surface area contributed by atoms with Gasteiger partial charge >= 0.3 is 0 Å². The van der Waals surface area contributed by atoms with Crippen molar-refractivity contribution in [2.45, 2.75) is 32.1 Å². The summed E-state index contributed by atoms with van der Waals surface area (Å²) in [5.74, 6) is 0. The highest BCUT2D eigenvalue weighted by atomic mass is 32.2. The summed E-state index contributed by atoms with van der Waals surface area (Å²) in [6, 6.07) is 1.74. The van der Waals surface area contributed by atoms with E-state index in [1.54, 1.807) is 16.9 Å². The van der Waals surface area contributed by atoms with Crippen molar-refractivity contribution in [3.8, 4) is 0 Å². The Morgan fingerprint density at radius 1 is 1.59 bits per heavy atom. The van der Waals surface area contributed by atoms with E-state index in [1.807, 2.05) is 0 Å². The van der Waals surface area contributed by atoms with Gasteiger partial charge in [0.05, 0.1) is 11.9 Å². The fourth-order valence-electron chi connectivity index (χ4n) is 1.71. The van der Waals surface area contributed by atoms with Crippen molar-refractivity contribution in [1.82, 2.24) is 9.78 Å². The SMILES string of the molecule is CS(=O)(=O)OCc1ccn(C2CCCCO2)n1. The van der Waals surface area contributed by atoms with Gasteiger partial charge < -0.3 is 4.74 Å². The van der Waals surface area contributed by atoms with E-state index in [0.717, 1.165) is 32.1 Å². The van der Waals surface area contributed by atoms with Gasteiger partial charge in [0.25, 0.3) is 10.1 Å². The largest absolute Gasteiger partial charge is 0.357 e. The number of nitrogens with zero attached hydrogens (tertiary/aromatic N) is 2. The van der Waals surface area contributed by atoms with Crippen LogP contribution in [0.4, 0.5) is 0 Å². The molecule has 2 heterocycles. The van der Waals surface area contributed by atoms with Crippen molar-refractivity contribution in [3.05, 3.63) is 18.0 Å². The lowest BCUT2D eigenvalue weighted by atomic mass is 10.2. The van der Waals surface area contributed by atoms with Crippen LogP contribution in [0.15, 0.2) is 12.3 Å². The highest BCUT2D eigenvalue weighted by Gasteiger charge is 2.16. The van der Waals surface area contributed by atoms with E-state index in [2.05, 4.69) is 9.28 Å². The van der Waals surface area contributed by atoms with Crippen molar-refractivity contribution < 1.29 is 17.3 Å². The zero-order valence-corrected chi connectivity index (χ0v) is 10.5. The molecule has 0 bridgehead atoms. The third kappa shape index (κ3) is 3.79. The number of aromatic nitrogens is 2. The van der Waals surface area contributed by atoms with Crippen LogP contribution in [0.2, 0.25) is 0 Å². The minimum Gasteiger partial charge on any atom is -0.357 e. The molecule has 0 saturated carbocycles. The first-order chi connectivity index (χ1) is 8.04. The molecule has 1 aromatic rings. The Kier molecular flexibility index (Phi) is 3.80. The average Bonchev–Trinajstić information content (AvgIpc) is 2.75. The maximum absolute atomic E-state index is 10.8. The quantitative estimate of drug-likeness (QED) is 0.757. The molecule has 0 aliphatic carbocycles. The Labute approximate surface area is 101 Å². The van der Waals surface area contributed by atoms with E-state index >= 15 is 0 Å². The zero-order valence-electron chi connectivity index (χ0n) is 9.70. The van der Waals surface area contributed by atoms with Crippen LogP contribution in [0.3, 0.4) is 0 Å². The third-order valence-electron chi connectivity index (χ3n) is 2.54. The fraction of sp³-hybridized carbons (Fsp3) is 0.700. The molecule has 1 aromatic heterocycles. The second-order valence-electron chi connectivity index (χ2n) is 4.07. The molecule has 1 unspecified atom stereocenters. The average molecular weight is 260 g/mol. The van der Waals surface area contributed by atoms with Gasteiger partial charge in [-0.05, 0) is 25.3 Å². The third-order valence-corrected chi connectivity index (χ3v) is 3.08. The highest BCUT2D eigenvalue weighted by Crippen LogP contribution is 2.21. The predicted octanol–water partition coefficient (Wildman–Crippen LogP) is 1.06. The molecule has 0 N–H and O–H groups in total. The second kappa shape index (κ2) is 5.16. The normalized spacial score (nSPS) is 21.6. The van der Waals surface area contributed by atoms with Crippen molar-refractivity contribution >= 4 is 10.1 Å². The molecular weight excluding hydrogens is 244 g/mol. The molecule has 0 radical (unpaired) electrons.